The van der Waals surface area contributed by atoms with Crippen molar-refractivity contribution in [2.75, 3.05) is 0 Å². The molecule has 8 nitrogen and oxygen atoms in total. The summed E-state index contributed by atoms with van der Waals surface area (Å²) in [6, 6.07) is -1.06. The molecule has 8 heteroatoms. The Labute approximate surface area is 151 Å². The highest BCUT2D eigenvalue weighted by Crippen LogP contribution is 2.37. The molecule has 2 atom stereocenters. The SMILES string of the molecule is C=CCCC(C)(C)OC(=O)NC1CC(C(C)=O)=C(C(=O)O)N2C(=O)C[C@@H]12. The summed E-state index contributed by atoms with van der Waals surface area (Å²) >= 11 is 0. The smallest absolute Gasteiger partial charge is 0.407 e. The van der Waals surface area contributed by atoms with E-state index in [0.29, 0.717) is 12.8 Å². The number of ketones is 1. The standard InChI is InChI=1S/C18H24N2O6/c1-5-6-7-18(3,4)26-17(25)19-12-8-11(10(2)21)15(16(23)24)20-13(12)9-14(20)22/h5,12-13H,1,6-9H2,2-4H3,(H,19,25)(H,23,24)/t12?,13-/m0/s1. The molecule has 0 aromatic rings. The van der Waals surface area contributed by atoms with Gasteiger partial charge in [0.2, 0.25) is 5.91 Å². The first kappa shape index (κ1) is 19.7. The summed E-state index contributed by atoms with van der Waals surface area (Å²) in [5.41, 5.74) is -0.956. The number of carbonyl (C=O) groups is 4. The molecule has 142 valence electrons. The maximum Gasteiger partial charge on any atom is 0.407 e. The molecule has 2 heterocycles. The van der Waals surface area contributed by atoms with Gasteiger partial charge in [-0.25, -0.2) is 9.59 Å². The lowest BCUT2D eigenvalue weighted by Gasteiger charge is -2.48. The van der Waals surface area contributed by atoms with E-state index in [4.69, 9.17) is 4.74 Å². The van der Waals surface area contributed by atoms with Crippen LogP contribution in [0.3, 0.4) is 0 Å². The molecule has 0 bridgehead atoms. The van der Waals surface area contributed by atoms with Crippen LogP contribution in [-0.2, 0) is 19.1 Å². The highest BCUT2D eigenvalue weighted by atomic mass is 16.6. The van der Waals surface area contributed by atoms with Gasteiger partial charge in [0.05, 0.1) is 18.5 Å². The van der Waals surface area contributed by atoms with Crippen molar-refractivity contribution in [1.29, 1.82) is 0 Å². The molecule has 0 aromatic heterocycles. The summed E-state index contributed by atoms with van der Waals surface area (Å²) in [5, 5.41) is 12.1. The van der Waals surface area contributed by atoms with Crippen LogP contribution in [0, 0.1) is 0 Å². The van der Waals surface area contributed by atoms with Gasteiger partial charge in [0.25, 0.3) is 0 Å². The lowest BCUT2D eigenvalue weighted by atomic mass is 9.82. The van der Waals surface area contributed by atoms with Crippen LogP contribution in [0.5, 0.6) is 0 Å². The van der Waals surface area contributed by atoms with Crippen LogP contribution in [0.2, 0.25) is 0 Å². The van der Waals surface area contributed by atoms with E-state index < -0.39 is 35.5 Å². The van der Waals surface area contributed by atoms with Crippen molar-refractivity contribution in [3.8, 4) is 0 Å². The molecule has 1 saturated heterocycles. The van der Waals surface area contributed by atoms with E-state index in [-0.39, 0.29) is 30.0 Å². The number of fused-ring (bicyclic) bond motifs is 1. The molecule has 2 aliphatic rings. The van der Waals surface area contributed by atoms with Crippen LogP contribution < -0.4 is 5.32 Å². The number of Topliss-reactive ketones (excluding diaryl/α,β-unsaturated/α-hetero) is 1. The van der Waals surface area contributed by atoms with Gasteiger partial charge < -0.3 is 15.2 Å². The van der Waals surface area contributed by atoms with Crippen LogP contribution in [0.15, 0.2) is 23.9 Å². The van der Waals surface area contributed by atoms with E-state index >= 15 is 0 Å². The zero-order chi connectivity index (χ0) is 19.6. The van der Waals surface area contributed by atoms with E-state index in [2.05, 4.69) is 11.9 Å². The summed E-state index contributed by atoms with van der Waals surface area (Å²) in [6.45, 7) is 8.44. The summed E-state index contributed by atoms with van der Waals surface area (Å²) < 4.78 is 5.43. The van der Waals surface area contributed by atoms with Crippen LogP contribution in [0.4, 0.5) is 4.79 Å². The van der Waals surface area contributed by atoms with E-state index in [1.807, 2.05) is 0 Å². The van der Waals surface area contributed by atoms with E-state index in [1.165, 1.54) is 6.92 Å². The Morgan fingerprint density at radius 3 is 2.54 bits per heavy atom. The van der Waals surface area contributed by atoms with Crippen LogP contribution in [0.1, 0.15) is 46.5 Å². The maximum absolute atomic E-state index is 12.3. The fourth-order valence-electron chi connectivity index (χ4n) is 3.27. The number of carboxylic acids is 1. The fraction of sp³-hybridized carbons (Fsp3) is 0.556. The second kappa shape index (κ2) is 7.31. The third-order valence-electron chi connectivity index (χ3n) is 4.65. The summed E-state index contributed by atoms with van der Waals surface area (Å²) in [4.78, 5) is 48.6. The van der Waals surface area contributed by atoms with Crippen molar-refractivity contribution < 1.29 is 29.0 Å². The van der Waals surface area contributed by atoms with Gasteiger partial charge in [0.1, 0.15) is 11.3 Å². The van der Waals surface area contributed by atoms with Crippen LogP contribution in [-0.4, -0.2) is 51.4 Å². The first-order valence-electron chi connectivity index (χ1n) is 8.47. The Morgan fingerprint density at radius 2 is 2.04 bits per heavy atom. The van der Waals surface area contributed by atoms with Gasteiger partial charge in [-0.15, -0.1) is 6.58 Å². The molecule has 0 radical (unpaired) electrons. The van der Waals surface area contributed by atoms with Crippen molar-refractivity contribution in [3.63, 3.8) is 0 Å². The number of alkyl carbamates (subject to hydrolysis) is 1. The van der Waals surface area contributed by atoms with Gasteiger partial charge in [-0.05, 0) is 33.6 Å². The van der Waals surface area contributed by atoms with Crippen molar-refractivity contribution in [3.05, 3.63) is 23.9 Å². The van der Waals surface area contributed by atoms with Gasteiger partial charge in [-0.2, -0.15) is 0 Å². The highest BCUT2D eigenvalue weighted by molar-refractivity contribution is 6.06. The molecule has 2 aliphatic heterocycles. The second-order valence-corrected chi connectivity index (χ2v) is 7.16. The van der Waals surface area contributed by atoms with Crippen LogP contribution >= 0.6 is 0 Å². The fourth-order valence-corrected chi connectivity index (χ4v) is 3.27. The van der Waals surface area contributed by atoms with E-state index in [9.17, 15) is 24.3 Å². The molecule has 0 aromatic carbocycles. The monoisotopic (exact) mass is 364 g/mol. The number of nitrogens with zero attached hydrogens (tertiary/aromatic N) is 1. The number of hydrogen-bond acceptors (Lipinski definition) is 5. The number of ether oxygens (including phenoxy) is 1. The molecule has 0 aliphatic carbocycles. The topological polar surface area (TPSA) is 113 Å². The predicted molar refractivity (Wildman–Crippen MR) is 92.1 cm³/mol. The molecule has 2 amide bonds. The number of rotatable bonds is 7. The summed E-state index contributed by atoms with van der Waals surface area (Å²) in [5.74, 6) is -2.14. The molecule has 0 saturated carbocycles. The molecular weight excluding hydrogens is 340 g/mol. The number of carbonyl (C=O) groups excluding carboxylic acids is 3. The first-order chi connectivity index (χ1) is 12.1. The number of allylic oxidation sites excluding steroid dienone is 1. The third kappa shape index (κ3) is 3.95. The quantitative estimate of drug-likeness (QED) is 0.526. The average Bonchev–Trinajstić information content (AvgIpc) is 2.51. The predicted octanol–water partition coefficient (Wildman–Crippen LogP) is 1.76. The Balaban J connectivity index is 2.15. The Hall–Kier alpha value is -2.64. The van der Waals surface area contributed by atoms with Gasteiger partial charge in [0.15, 0.2) is 5.78 Å². The lowest BCUT2D eigenvalue weighted by Crippen LogP contribution is -2.65. The number of β-lactam (4-membered cyclic amide) rings is 1. The minimum absolute atomic E-state index is 0.0259. The lowest BCUT2D eigenvalue weighted by molar-refractivity contribution is -0.151. The number of nitrogens with one attached hydrogen (secondary N) is 1. The summed E-state index contributed by atoms with van der Waals surface area (Å²) in [7, 11) is 0. The summed E-state index contributed by atoms with van der Waals surface area (Å²) in [6.07, 6.45) is 2.53. The zero-order valence-corrected chi connectivity index (χ0v) is 15.2. The van der Waals surface area contributed by atoms with Crippen LogP contribution in [0.25, 0.3) is 0 Å². The molecular formula is C18H24N2O6. The molecule has 0 spiro atoms. The van der Waals surface area contributed by atoms with Gasteiger partial charge >= 0.3 is 12.1 Å². The molecule has 2 N–H and O–H groups in total. The Bertz CT molecular complexity index is 694. The highest BCUT2D eigenvalue weighted by Gasteiger charge is 2.50. The number of carboxylic acid groups (broad SMARTS) is 1. The van der Waals surface area contributed by atoms with Crippen molar-refractivity contribution in [2.24, 2.45) is 0 Å². The average molecular weight is 364 g/mol. The van der Waals surface area contributed by atoms with Crippen molar-refractivity contribution in [2.45, 2.75) is 64.1 Å². The van der Waals surface area contributed by atoms with E-state index in [1.54, 1.807) is 19.9 Å². The number of aliphatic carboxylic acids is 1. The van der Waals surface area contributed by atoms with Crippen molar-refractivity contribution in [1.82, 2.24) is 10.2 Å². The normalized spacial score (nSPS) is 22.3. The van der Waals surface area contributed by atoms with Gasteiger partial charge in [0, 0.05) is 12.0 Å². The molecule has 2 rings (SSSR count). The third-order valence-corrected chi connectivity index (χ3v) is 4.65. The largest absolute Gasteiger partial charge is 0.477 e. The van der Waals surface area contributed by atoms with Crippen molar-refractivity contribution >= 4 is 23.8 Å². The molecule has 1 fully saturated rings. The van der Waals surface area contributed by atoms with Gasteiger partial charge in [-0.1, -0.05) is 6.08 Å². The Kier molecular flexibility index (Phi) is 5.53. The number of amides is 2. The maximum atomic E-state index is 12.3. The van der Waals surface area contributed by atoms with Gasteiger partial charge in [-0.3, -0.25) is 14.5 Å². The first-order valence-corrected chi connectivity index (χ1v) is 8.47. The second-order valence-electron chi connectivity index (χ2n) is 7.16. The van der Waals surface area contributed by atoms with E-state index in [0.717, 1.165) is 4.90 Å². The Morgan fingerprint density at radius 1 is 1.38 bits per heavy atom. The minimum Gasteiger partial charge on any atom is -0.477 e. The molecule has 26 heavy (non-hydrogen) atoms. The number of hydrogen-bond donors (Lipinski definition) is 2. The minimum atomic E-state index is -1.32. The molecule has 1 unspecified atom stereocenters. The zero-order valence-electron chi connectivity index (χ0n) is 15.2.